The molecule has 0 aliphatic carbocycles. The lowest BCUT2D eigenvalue weighted by Crippen LogP contribution is -1.95. The molecule has 0 spiro atoms. The van der Waals surface area contributed by atoms with Crippen molar-refractivity contribution in [1.29, 1.82) is 0 Å². The predicted molar refractivity (Wildman–Crippen MR) is 87.2 cm³/mol. The molecular weight excluding hydrogens is 280 g/mol. The van der Waals surface area contributed by atoms with Gasteiger partial charge in [0.05, 0.1) is 22.8 Å². The fraction of sp³-hybridized carbons (Fsp3) is 0.0625. The van der Waals surface area contributed by atoms with Crippen molar-refractivity contribution in [3.63, 3.8) is 0 Å². The maximum absolute atomic E-state index is 4.46. The van der Waals surface area contributed by atoms with Crippen LogP contribution < -0.4 is 5.32 Å². The molecule has 0 atom stereocenters. The van der Waals surface area contributed by atoms with E-state index in [-0.39, 0.29) is 0 Å². The maximum atomic E-state index is 4.46. The Morgan fingerprint density at radius 2 is 1.95 bits per heavy atom. The minimum atomic E-state index is 0.821. The fourth-order valence-corrected chi connectivity index (χ4v) is 3.20. The van der Waals surface area contributed by atoms with E-state index in [9.17, 15) is 0 Å². The zero-order valence-electron chi connectivity index (χ0n) is 11.4. The van der Waals surface area contributed by atoms with E-state index in [0.29, 0.717) is 0 Å². The second kappa shape index (κ2) is 4.79. The minimum Gasteiger partial charge on any atom is -0.338 e. The molecule has 0 aliphatic rings. The Kier molecular flexibility index (Phi) is 2.79. The number of thiophene rings is 1. The van der Waals surface area contributed by atoms with Gasteiger partial charge in [0, 0.05) is 10.3 Å². The van der Waals surface area contributed by atoms with E-state index in [1.165, 1.54) is 4.88 Å². The third-order valence-electron chi connectivity index (χ3n) is 3.31. The Morgan fingerprint density at radius 1 is 1.05 bits per heavy atom. The van der Waals surface area contributed by atoms with Gasteiger partial charge in [-0.05, 0) is 25.1 Å². The Morgan fingerprint density at radius 3 is 2.90 bits per heavy atom. The van der Waals surface area contributed by atoms with E-state index >= 15 is 0 Å². The zero-order chi connectivity index (χ0) is 14.2. The van der Waals surface area contributed by atoms with Crippen molar-refractivity contribution in [2.24, 2.45) is 0 Å². The number of benzene rings is 1. The van der Waals surface area contributed by atoms with Crippen LogP contribution in [0.4, 0.5) is 11.5 Å². The molecule has 0 radical (unpaired) electrons. The summed E-state index contributed by atoms with van der Waals surface area (Å²) >= 11 is 1.67. The summed E-state index contributed by atoms with van der Waals surface area (Å²) in [5.41, 5.74) is 1.92. The van der Waals surface area contributed by atoms with Crippen molar-refractivity contribution in [3.8, 4) is 0 Å². The number of pyridine rings is 1. The van der Waals surface area contributed by atoms with Crippen molar-refractivity contribution in [3.05, 3.63) is 53.8 Å². The van der Waals surface area contributed by atoms with E-state index in [1.807, 2.05) is 24.4 Å². The first-order valence-corrected chi connectivity index (χ1v) is 7.44. The van der Waals surface area contributed by atoms with Gasteiger partial charge in [-0.1, -0.05) is 18.2 Å². The van der Waals surface area contributed by atoms with E-state index in [4.69, 9.17) is 0 Å². The van der Waals surface area contributed by atoms with Gasteiger partial charge in [0.15, 0.2) is 0 Å². The summed E-state index contributed by atoms with van der Waals surface area (Å²) < 4.78 is 0. The van der Waals surface area contributed by atoms with Crippen LogP contribution in [0.15, 0.2) is 48.9 Å². The van der Waals surface area contributed by atoms with Crippen molar-refractivity contribution >= 4 is 44.0 Å². The molecule has 0 saturated heterocycles. The van der Waals surface area contributed by atoms with Gasteiger partial charge >= 0.3 is 0 Å². The highest BCUT2D eigenvalue weighted by molar-refractivity contribution is 7.18. The molecule has 0 bridgehead atoms. The zero-order valence-corrected chi connectivity index (χ0v) is 12.2. The molecule has 102 valence electrons. The molecule has 0 amide bonds. The first-order valence-electron chi connectivity index (χ1n) is 6.62. The molecule has 3 aromatic heterocycles. The number of fused-ring (bicyclic) bond motifs is 2. The molecule has 21 heavy (non-hydrogen) atoms. The standard InChI is InChI=1S/C16H12N4S/c1-10-6-13-15(18-9-19-16(13)21-10)20-12-7-11-4-2-3-5-14(11)17-8-12/h2-9H,1H3,(H,18,19,20). The van der Waals surface area contributed by atoms with Crippen LogP contribution in [0.3, 0.4) is 0 Å². The van der Waals surface area contributed by atoms with Crippen LogP contribution in [0, 0.1) is 6.92 Å². The van der Waals surface area contributed by atoms with E-state index < -0.39 is 0 Å². The van der Waals surface area contributed by atoms with E-state index in [1.54, 1.807) is 17.7 Å². The second-order valence-electron chi connectivity index (χ2n) is 4.84. The van der Waals surface area contributed by atoms with Gasteiger partial charge in [0.25, 0.3) is 0 Å². The summed E-state index contributed by atoms with van der Waals surface area (Å²) in [5, 5.41) is 5.50. The van der Waals surface area contributed by atoms with Crippen molar-refractivity contribution in [2.75, 3.05) is 5.32 Å². The molecule has 4 aromatic rings. The number of hydrogen-bond donors (Lipinski definition) is 1. The largest absolute Gasteiger partial charge is 0.338 e. The molecule has 1 N–H and O–H groups in total. The summed E-state index contributed by atoms with van der Waals surface area (Å²) in [5.74, 6) is 0.821. The van der Waals surface area contributed by atoms with Gasteiger partial charge in [-0.2, -0.15) is 0 Å². The molecule has 3 heterocycles. The third-order valence-corrected chi connectivity index (χ3v) is 4.26. The third kappa shape index (κ3) is 2.21. The first kappa shape index (κ1) is 12.2. The molecule has 5 heteroatoms. The van der Waals surface area contributed by atoms with E-state index in [2.05, 4.69) is 45.4 Å². The van der Waals surface area contributed by atoms with Crippen molar-refractivity contribution in [2.45, 2.75) is 6.92 Å². The predicted octanol–water partition coefficient (Wildman–Crippen LogP) is 4.29. The molecule has 0 fully saturated rings. The van der Waals surface area contributed by atoms with Crippen LogP contribution in [0.5, 0.6) is 0 Å². The number of hydrogen-bond acceptors (Lipinski definition) is 5. The highest BCUT2D eigenvalue weighted by atomic mass is 32.1. The Balaban J connectivity index is 1.78. The Bertz CT molecular complexity index is 945. The highest BCUT2D eigenvalue weighted by Crippen LogP contribution is 2.29. The smallest absolute Gasteiger partial charge is 0.142 e. The summed E-state index contributed by atoms with van der Waals surface area (Å²) in [7, 11) is 0. The summed E-state index contributed by atoms with van der Waals surface area (Å²) in [6.07, 6.45) is 3.42. The topological polar surface area (TPSA) is 50.7 Å². The second-order valence-corrected chi connectivity index (χ2v) is 6.07. The normalized spacial score (nSPS) is 11.1. The Labute approximate surface area is 125 Å². The fourth-order valence-electron chi connectivity index (χ4n) is 2.35. The average molecular weight is 292 g/mol. The maximum Gasteiger partial charge on any atom is 0.142 e. The lowest BCUT2D eigenvalue weighted by atomic mass is 10.2. The van der Waals surface area contributed by atoms with Crippen molar-refractivity contribution < 1.29 is 0 Å². The average Bonchev–Trinajstić information content (AvgIpc) is 2.89. The van der Waals surface area contributed by atoms with Crippen LogP contribution in [-0.2, 0) is 0 Å². The number of nitrogens with zero attached hydrogens (tertiary/aromatic N) is 3. The summed E-state index contributed by atoms with van der Waals surface area (Å²) in [6, 6.07) is 12.2. The van der Waals surface area contributed by atoms with Crippen LogP contribution in [-0.4, -0.2) is 15.0 Å². The lowest BCUT2D eigenvalue weighted by molar-refractivity contribution is 1.23. The molecule has 0 saturated carbocycles. The minimum absolute atomic E-state index is 0.821. The summed E-state index contributed by atoms with van der Waals surface area (Å²) in [4.78, 5) is 15.3. The monoisotopic (exact) mass is 292 g/mol. The quantitative estimate of drug-likeness (QED) is 0.598. The number of para-hydroxylation sites is 1. The van der Waals surface area contributed by atoms with Gasteiger partial charge < -0.3 is 5.32 Å². The first-order chi connectivity index (χ1) is 10.3. The molecule has 0 aliphatic heterocycles. The number of aromatic nitrogens is 3. The molecule has 1 aromatic carbocycles. The SMILES string of the molecule is Cc1cc2c(Nc3cnc4ccccc4c3)ncnc2s1. The van der Waals surface area contributed by atoms with Crippen LogP contribution in [0.25, 0.3) is 21.1 Å². The molecule has 4 nitrogen and oxygen atoms in total. The van der Waals surface area contributed by atoms with Gasteiger partial charge in [0.1, 0.15) is 17.0 Å². The Hall–Kier alpha value is -2.53. The number of aryl methyl sites for hydroxylation is 1. The van der Waals surface area contributed by atoms with Crippen LogP contribution >= 0.6 is 11.3 Å². The van der Waals surface area contributed by atoms with Crippen LogP contribution in [0.1, 0.15) is 4.88 Å². The van der Waals surface area contributed by atoms with Gasteiger partial charge in [-0.3, -0.25) is 4.98 Å². The van der Waals surface area contributed by atoms with Gasteiger partial charge in [-0.15, -0.1) is 11.3 Å². The number of anilines is 2. The van der Waals surface area contributed by atoms with Crippen LogP contribution in [0.2, 0.25) is 0 Å². The number of nitrogens with one attached hydrogen (secondary N) is 1. The van der Waals surface area contributed by atoms with Gasteiger partial charge in [0.2, 0.25) is 0 Å². The number of rotatable bonds is 2. The lowest BCUT2D eigenvalue weighted by Gasteiger charge is -2.07. The molecular formula is C16H12N4S. The summed E-state index contributed by atoms with van der Waals surface area (Å²) in [6.45, 7) is 2.08. The van der Waals surface area contributed by atoms with Gasteiger partial charge in [-0.25, -0.2) is 9.97 Å². The molecule has 4 rings (SSSR count). The van der Waals surface area contributed by atoms with E-state index in [0.717, 1.165) is 32.6 Å². The van der Waals surface area contributed by atoms with Crippen molar-refractivity contribution in [1.82, 2.24) is 15.0 Å². The molecule has 0 unspecified atom stereocenters. The highest BCUT2D eigenvalue weighted by Gasteiger charge is 2.07.